The van der Waals surface area contributed by atoms with Crippen molar-refractivity contribution in [3.63, 3.8) is 0 Å². The number of nitrogens with one attached hydrogen (secondary N) is 1. The fraction of sp³-hybridized carbons (Fsp3) is 0.500. The number of carbonyl (C=O) groups excluding carboxylic acids is 1. The Morgan fingerprint density at radius 1 is 0.931 bits per heavy atom. The van der Waals surface area contributed by atoms with Crippen molar-refractivity contribution in [2.45, 2.75) is 57.3 Å². The Morgan fingerprint density at radius 3 is 2.17 bits per heavy atom. The van der Waals surface area contributed by atoms with Gasteiger partial charge in [0.25, 0.3) is 0 Å². The van der Waals surface area contributed by atoms with Gasteiger partial charge in [0.05, 0.1) is 0 Å². The molecule has 0 saturated carbocycles. The molecule has 1 aliphatic heterocycles. The van der Waals surface area contributed by atoms with E-state index in [-0.39, 0.29) is 5.91 Å². The highest BCUT2D eigenvalue weighted by atomic mass is 16.2. The monoisotopic (exact) mass is 390 g/mol. The number of nitrogens with zero attached hydrogens (tertiary/aromatic N) is 1. The molecular weight excluding hydrogens is 356 g/mol. The Morgan fingerprint density at radius 2 is 1.55 bits per heavy atom. The molecule has 0 spiro atoms. The van der Waals surface area contributed by atoms with Crippen LogP contribution in [0.3, 0.4) is 0 Å². The molecule has 0 atom stereocenters. The third-order valence-electron chi connectivity index (χ3n) is 6.71. The molecule has 3 nitrogen and oxygen atoms in total. The molecule has 154 valence electrons. The van der Waals surface area contributed by atoms with Gasteiger partial charge >= 0.3 is 0 Å². The highest BCUT2D eigenvalue weighted by Crippen LogP contribution is 2.51. The normalized spacial score (nSPS) is 17.6. The van der Waals surface area contributed by atoms with Crippen molar-refractivity contribution in [3.8, 4) is 11.1 Å². The van der Waals surface area contributed by atoms with Crippen LogP contribution in [0.15, 0.2) is 48.5 Å². The quantitative estimate of drug-likeness (QED) is 0.633. The molecule has 1 aliphatic carbocycles. The summed E-state index contributed by atoms with van der Waals surface area (Å²) in [5.74, 6) is 0.176. The Labute approximate surface area is 175 Å². The largest absolute Gasteiger partial charge is 0.355 e. The average Bonchev–Trinajstić information content (AvgIpc) is 3.07. The lowest BCUT2D eigenvalue weighted by atomic mass is 9.73. The van der Waals surface area contributed by atoms with Gasteiger partial charge in [0.2, 0.25) is 5.91 Å². The zero-order chi connectivity index (χ0) is 20.1. The predicted molar refractivity (Wildman–Crippen MR) is 120 cm³/mol. The molecule has 0 aromatic heterocycles. The molecule has 2 aromatic carbocycles. The number of benzene rings is 2. The number of hydrogen-bond acceptors (Lipinski definition) is 2. The Hall–Kier alpha value is -2.13. The van der Waals surface area contributed by atoms with Gasteiger partial charge in [-0.15, -0.1) is 0 Å². The maximum absolute atomic E-state index is 13.6. The number of hydrogen-bond donors (Lipinski definition) is 1. The second-order valence-electron chi connectivity index (χ2n) is 8.61. The first-order valence-corrected chi connectivity index (χ1v) is 11.5. The second kappa shape index (κ2) is 9.13. The Kier molecular flexibility index (Phi) is 6.34. The molecule has 0 unspecified atom stereocenters. The van der Waals surface area contributed by atoms with E-state index in [1.807, 2.05) is 0 Å². The minimum Gasteiger partial charge on any atom is -0.355 e. The molecule has 1 heterocycles. The summed E-state index contributed by atoms with van der Waals surface area (Å²) in [6.07, 6.45) is 8.12. The number of likely N-dealkylation sites (tertiary alicyclic amines) is 1. The first-order valence-electron chi connectivity index (χ1n) is 11.5. The fourth-order valence-corrected chi connectivity index (χ4v) is 5.25. The van der Waals surface area contributed by atoms with E-state index in [1.165, 1.54) is 54.6 Å². The van der Waals surface area contributed by atoms with Gasteiger partial charge in [-0.05, 0) is 74.0 Å². The van der Waals surface area contributed by atoms with E-state index in [0.717, 1.165) is 38.8 Å². The van der Waals surface area contributed by atoms with Gasteiger partial charge in [-0.25, -0.2) is 0 Å². The number of fused-ring (bicyclic) bond motifs is 3. The van der Waals surface area contributed by atoms with Gasteiger partial charge in [0, 0.05) is 6.54 Å². The van der Waals surface area contributed by atoms with E-state index in [0.29, 0.717) is 0 Å². The molecule has 1 fully saturated rings. The van der Waals surface area contributed by atoms with Crippen LogP contribution >= 0.6 is 0 Å². The highest BCUT2D eigenvalue weighted by Gasteiger charge is 2.48. The molecule has 2 aliphatic rings. The maximum atomic E-state index is 13.6. The third-order valence-corrected chi connectivity index (χ3v) is 6.71. The summed E-state index contributed by atoms with van der Waals surface area (Å²) in [6.45, 7) is 6.50. The van der Waals surface area contributed by atoms with Crippen molar-refractivity contribution in [2.75, 3.05) is 26.2 Å². The van der Waals surface area contributed by atoms with Gasteiger partial charge in [-0.1, -0.05) is 68.3 Å². The lowest BCUT2D eigenvalue weighted by Gasteiger charge is -2.32. The van der Waals surface area contributed by atoms with Crippen molar-refractivity contribution in [1.29, 1.82) is 0 Å². The standard InChI is InChI=1S/C26H34N2O/c1-2-17-27-25(29)26(16-8-11-20-28-18-9-3-10-19-28)23-14-6-4-12-21(23)22-13-5-7-15-24(22)26/h4-7,12-15H,2-3,8-11,16-20H2,1H3,(H,27,29). The summed E-state index contributed by atoms with van der Waals surface area (Å²) in [6, 6.07) is 17.0. The average molecular weight is 391 g/mol. The molecule has 29 heavy (non-hydrogen) atoms. The number of amides is 1. The molecule has 1 saturated heterocycles. The van der Waals surface area contributed by atoms with Crippen molar-refractivity contribution < 1.29 is 4.79 Å². The summed E-state index contributed by atoms with van der Waals surface area (Å²) < 4.78 is 0. The molecular formula is C26H34N2O. The van der Waals surface area contributed by atoms with Crippen LogP contribution in [0.4, 0.5) is 0 Å². The lowest BCUT2D eigenvalue weighted by Crippen LogP contribution is -2.44. The molecule has 1 amide bonds. The van der Waals surface area contributed by atoms with Crippen LogP contribution in [0, 0.1) is 0 Å². The van der Waals surface area contributed by atoms with E-state index in [9.17, 15) is 4.79 Å². The maximum Gasteiger partial charge on any atom is 0.235 e. The molecule has 0 radical (unpaired) electrons. The van der Waals surface area contributed by atoms with Crippen LogP contribution in [0.25, 0.3) is 11.1 Å². The molecule has 2 aromatic rings. The first-order chi connectivity index (χ1) is 14.3. The number of piperidine rings is 1. The van der Waals surface area contributed by atoms with Crippen LogP contribution in [0.5, 0.6) is 0 Å². The molecule has 4 rings (SSSR count). The van der Waals surface area contributed by atoms with Gasteiger partial charge in [0.1, 0.15) is 5.41 Å². The van der Waals surface area contributed by atoms with E-state index in [4.69, 9.17) is 0 Å². The van der Waals surface area contributed by atoms with Gasteiger partial charge in [-0.2, -0.15) is 0 Å². The fourth-order valence-electron chi connectivity index (χ4n) is 5.25. The van der Waals surface area contributed by atoms with Crippen molar-refractivity contribution in [2.24, 2.45) is 0 Å². The third kappa shape index (κ3) is 3.85. The van der Waals surface area contributed by atoms with Crippen LogP contribution in [-0.2, 0) is 10.2 Å². The summed E-state index contributed by atoms with van der Waals surface area (Å²) in [4.78, 5) is 16.2. The summed E-state index contributed by atoms with van der Waals surface area (Å²) >= 11 is 0. The van der Waals surface area contributed by atoms with Crippen molar-refractivity contribution in [1.82, 2.24) is 10.2 Å². The molecule has 3 heteroatoms. The second-order valence-corrected chi connectivity index (χ2v) is 8.61. The zero-order valence-corrected chi connectivity index (χ0v) is 17.8. The van der Waals surface area contributed by atoms with Crippen molar-refractivity contribution in [3.05, 3.63) is 59.7 Å². The van der Waals surface area contributed by atoms with Gasteiger partial charge < -0.3 is 10.2 Å². The SMILES string of the molecule is CCCNC(=O)C1(CCCCN2CCCCC2)c2ccccc2-c2ccccc21. The number of carbonyl (C=O) groups is 1. The lowest BCUT2D eigenvalue weighted by molar-refractivity contribution is -0.125. The van der Waals surface area contributed by atoms with Crippen LogP contribution in [0.1, 0.15) is 63.0 Å². The van der Waals surface area contributed by atoms with Gasteiger partial charge in [-0.3, -0.25) is 4.79 Å². The van der Waals surface area contributed by atoms with E-state index >= 15 is 0 Å². The first kappa shape index (κ1) is 20.2. The zero-order valence-electron chi connectivity index (χ0n) is 17.8. The van der Waals surface area contributed by atoms with Gasteiger partial charge in [0.15, 0.2) is 0 Å². The van der Waals surface area contributed by atoms with Crippen LogP contribution < -0.4 is 5.32 Å². The van der Waals surface area contributed by atoms with E-state index < -0.39 is 5.41 Å². The van der Waals surface area contributed by atoms with Crippen LogP contribution in [0.2, 0.25) is 0 Å². The number of unbranched alkanes of at least 4 members (excludes halogenated alkanes) is 1. The summed E-state index contributed by atoms with van der Waals surface area (Å²) in [5, 5.41) is 3.24. The molecule has 0 bridgehead atoms. The minimum absolute atomic E-state index is 0.176. The predicted octanol–water partition coefficient (Wildman–Crippen LogP) is 5.14. The Balaban J connectivity index is 1.60. The van der Waals surface area contributed by atoms with Crippen molar-refractivity contribution >= 4 is 5.91 Å². The number of rotatable bonds is 8. The topological polar surface area (TPSA) is 32.3 Å². The van der Waals surface area contributed by atoms with E-state index in [1.54, 1.807) is 0 Å². The smallest absolute Gasteiger partial charge is 0.235 e. The van der Waals surface area contributed by atoms with E-state index in [2.05, 4.69) is 65.7 Å². The Bertz CT molecular complexity index is 793. The van der Waals surface area contributed by atoms with Crippen LogP contribution in [-0.4, -0.2) is 37.0 Å². The minimum atomic E-state index is -0.551. The summed E-state index contributed by atoms with van der Waals surface area (Å²) in [5.41, 5.74) is 4.28. The summed E-state index contributed by atoms with van der Waals surface area (Å²) in [7, 11) is 0. The molecule has 1 N–H and O–H groups in total. The highest BCUT2D eigenvalue weighted by molar-refractivity contribution is 6.00.